The summed E-state index contributed by atoms with van der Waals surface area (Å²) in [5.74, 6) is 0.545. The second kappa shape index (κ2) is 7.75. The van der Waals surface area contributed by atoms with Gasteiger partial charge in [-0.05, 0) is 48.2 Å². The van der Waals surface area contributed by atoms with E-state index in [0.717, 1.165) is 17.5 Å². The van der Waals surface area contributed by atoms with Gasteiger partial charge >= 0.3 is 5.97 Å². The van der Waals surface area contributed by atoms with Crippen LogP contribution < -0.4 is 9.47 Å². The fourth-order valence-electron chi connectivity index (χ4n) is 2.48. The Labute approximate surface area is 140 Å². The maximum absolute atomic E-state index is 12.1. The standard InChI is InChI=1S/C19H19NO4/c1-22-18-13-15(5-4-14-8-10-20-11-9-14)6-7-16(18)24-19(21)17-3-2-12-23-17/h4-11,13,17H,2-3,12H2,1H3/b5-4+. The molecule has 5 heteroatoms. The predicted molar refractivity (Wildman–Crippen MR) is 90.8 cm³/mol. The van der Waals surface area contributed by atoms with Crippen molar-refractivity contribution in [3.8, 4) is 11.5 Å². The highest BCUT2D eigenvalue weighted by molar-refractivity contribution is 5.78. The van der Waals surface area contributed by atoms with E-state index >= 15 is 0 Å². The van der Waals surface area contributed by atoms with Crippen LogP contribution >= 0.6 is 0 Å². The van der Waals surface area contributed by atoms with Gasteiger partial charge in [0, 0.05) is 19.0 Å². The summed E-state index contributed by atoms with van der Waals surface area (Å²) in [7, 11) is 1.55. The van der Waals surface area contributed by atoms with Gasteiger partial charge in [-0.25, -0.2) is 4.79 Å². The lowest BCUT2D eigenvalue weighted by Gasteiger charge is -2.12. The van der Waals surface area contributed by atoms with E-state index in [2.05, 4.69) is 4.98 Å². The minimum absolute atomic E-state index is 0.370. The Hall–Kier alpha value is -2.66. The van der Waals surface area contributed by atoms with Gasteiger partial charge in [0.1, 0.15) is 0 Å². The van der Waals surface area contributed by atoms with Crippen molar-refractivity contribution in [2.24, 2.45) is 0 Å². The van der Waals surface area contributed by atoms with Crippen molar-refractivity contribution in [1.82, 2.24) is 4.98 Å². The molecule has 1 aromatic carbocycles. The molecule has 1 unspecified atom stereocenters. The summed E-state index contributed by atoms with van der Waals surface area (Å²) in [5.41, 5.74) is 2.00. The number of rotatable bonds is 5. The van der Waals surface area contributed by atoms with Crippen LogP contribution in [0.1, 0.15) is 24.0 Å². The molecule has 1 fully saturated rings. The van der Waals surface area contributed by atoms with Crippen molar-refractivity contribution in [2.75, 3.05) is 13.7 Å². The van der Waals surface area contributed by atoms with Crippen molar-refractivity contribution >= 4 is 18.1 Å². The molecule has 0 spiro atoms. The Kier molecular flexibility index (Phi) is 5.23. The van der Waals surface area contributed by atoms with Crippen LogP contribution in [-0.4, -0.2) is 30.8 Å². The maximum atomic E-state index is 12.1. The number of esters is 1. The molecule has 2 heterocycles. The zero-order valence-corrected chi connectivity index (χ0v) is 13.5. The van der Waals surface area contributed by atoms with E-state index in [-0.39, 0.29) is 5.97 Å². The van der Waals surface area contributed by atoms with Gasteiger partial charge in [0.05, 0.1) is 7.11 Å². The third-order valence-corrected chi connectivity index (χ3v) is 3.77. The fourth-order valence-corrected chi connectivity index (χ4v) is 2.48. The number of pyridine rings is 1. The van der Waals surface area contributed by atoms with E-state index in [1.165, 1.54) is 0 Å². The molecule has 3 rings (SSSR count). The van der Waals surface area contributed by atoms with E-state index in [1.54, 1.807) is 25.6 Å². The van der Waals surface area contributed by atoms with Crippen LogP contribution in [-0.2, 0) is 9.53 Å². The molecule has 0 aliphatic carbocycles. The van der Waals surface area contributed by atoms with E-state index in [0.29, 0.717) is 24.5 Å². The topological polar surface area (TPSA) is 57.7 Å². The first-order valence-electron chi connectivity index (χ1n) is 7.86. The zero-order chi connectivity index (χ0) is 16.8. The summed E-state index contributed by atoms with van der Waals surface area (Å²) < 4.78 is 16.1. The lowest BCUT2D eigenvalue weighted by atomic mass is 10.1. The zero-order valence-electron chi connectivity index (χ0n) is 13.5. The van der Waals surface area contributed by atoms with Gasteiger partial charge in [0.25, 0.3) is 0 Å². The van der Waals surface area contributed by atoms with Crippen LogP contribution in [0.3, 0.4) is 0 Å². The Bertz CT molecular complexity index is 721. The lowest BCUT2D eigenvalue weighted by molar-refractivity contribution is -0.144. The minimum atomic E-state index is -0.471. The van der Waals surface area contributed by atoms with Crippen molar-refractivity contribution in [2.45, 2.75) is 18.9 Å². The third-order valence-electron chi connectivity index (χ3n) is 3.77. The van der Waals surface area contributed by atoms with Crippen LogP contribution in [0.25, 0.3) is 12.2 Å². The van der Waals surface area contributed by atoms with Crippen LogP contribution in [0.5, 0.6) is 11.5 Å². The number of hydrogen-bond donors (Lipinski definition) is 0. The first kappa shape index (κ1) is 16.2. The number of carbonyl (C=O) groups excluding carboxylic acids is 1. The first-order chi connectivity index (χ1) is 11.8. The first-order valence-corrected chi connectivity index (χ1v) is 7.86. The summed E-state index contributed by atoms with van der Waals surface area (Å²) >= 11 is 0. The largest absolute Gasteiger partial charge is 0.493 e. The fraction of sp³-hybridized carbons (Fsp3) is 0.263. The van der Waals surface area contributed by atoms with E-state index in [1.807, 2.05) is 36.4 Å². The maximum Gasteiger partial charge on any atom is 0.340 e. The van der Waals surface area contributed by atoms with E-state index < -0.39 is 6.10 Å². The molecule has 5 nitrogen and oxygen atoms in total. The third kappa shape index (κ3) is 4.00. The number of nitrogens with zero attached hydrogens (tertiary/aromatic N) is 1. The second-order valence-electron chi connectivity index (χ2n) is 5.45. The average molecular weight is 325 g/mol. The highest BCUT2D eigenvalue weighted by Crippen LogP contribution is 2.30. The predicted octanol–water partition coefficient (Wildman–Crippen LogP) is 3.35. The molecule has 1 saturated heterocycles. The number of hydrogen-bond acceptors (Lipinski definition) is 5. The minimum Gasteiger partial charge on any atom is -0.493 e. The molecule has 1 aliphatic heterocycles. The molecule has 1 aromatic heterocycles. The quantitative estimate of drug-likeness (QED) is 0.623. The van der Waals surface area contributed by atoms with Gasteiger partial charge < -0.3 is 14.2 Å². The van der Waals surface area contributed by atoms with Gasteiger partial charge in [0.2, 0.25) is 0 Å². The summed E-state index contributed by atoms with van der Waals surface area (Å²) in [4.78, 5) is 16.0. The van der Waals surface area contributed by atoms with Crippen LogP contribution in [0, 0.1) is 0 Å². The van der Waals surface area contributed by atoms with Gasteiger partial charge in [0.15, 0.2) is 17.6 Å². The number of ether oxygens (including phenoxy) is 3. The van der Waals surface area contributed by atoms with E-state index in [4.69, 9.17) is 14.2 Å². The van der Waals surface area contributed by atoms with E-state index in [9.17, 15) is 4.79 Å². The Morgan fingerprint density at radius 2 is 1.96 bits per heavy atom. The number of methoxy groups -OCH3 is 1. The van der Waals surface area contributed by atoms with Gasteiger partial charge in [-0.1, -0.05) is 18.2 Å². The van der Waals surface area contributed by atoms with Crippen molar-refractivity contribution in [3.63, 3.8) is 0 Å². The Balaban J connectivity index is 1.73. The second-order valence-corrected chi connectivity index (χ2v) is 5.45. The Morgan fingerprint density at radius 1 is 1.17 bits per heavy atom. The summed E-state index contributed by atoms with van der Waals surface area (Å²) in [6.45, 7) is 0.607. The molecule has 0 amide bonds. The lowest BCUT2D eigenvalue weighted by Crippen LogP contribution is -2.24. The normalized spacial score (nSPS) is 17.1. The monoisotopic (exact) mass is 325 g/mol. The molecule has 2 aromatic rings. The van der Waals surface area contributed by atoms with Gasteiger partial charge in [-0.2, -0.15) is 0 Å². The van der Waals surface area contributed by atoms with Crippen LogP contribution in [0.2, 0.25) is 0 Å². The molecular formula is C19H19NO4. The summed E-state index contributed by atoms with van der Waals surface area (Å²) in [6.07, 6.45) is 8.55. The van der Waals surface area contributed by atoms with Gasteiger partial charge in [-0.15, -0.1) is 0 Å². The van der Waals surface area contributed by atoms with Crippen LogP contribution in [0.4, 0.5) is 0 Å². The average Bonchev–Trinajstić information content (AvgIpc) is 3.16. The number of benzene rings is 1. The van der Waals surface area contributed by atoms with Crippen molar-refractivity contribution < 1.29 is 19.0 Å². The molecular weight excluding hydrogens is 306 g/mol. The highest BCUT2D eigenvalue weighted by atomic mass is 16.6. The highest BCUT2D eigenvalue weighted by Gasteiger charge is 2.26. The molecule has 0 bridgehead atoms. The number of aromatic nitrogens is 1. The number of carbonyl (C=O) groups is 1. The summed E-state index contributed by atoms with van der Waals surface area (Å²) in [6, 6.07) is 9.28. The molecule has 124 valence electrons. The smallest absolute Gasteiger partial charge is 0.340 e. The molecule has 24 heavy (non-hydrogen) atoms. The molecule has 0 N–H and O–H groups in total. The molecule has 1 atom stereocenters. The molecule has 0 radical (unpaired) electrons. The van der Waals surface area contributed by atoms with Crippen molar-refractivity contribution in [1.29, 1.82) is 0 Å². The Morgan fingerprint density at radius 3 is 2.67 bits per heavy atom. The SMILES string of the molecule is COc1cc(/C=C/c2ccncc2)ccc1OC(=O)C1CCCO1. The molecule has 0 saturated carbocycles. The summed E-state index contributed by atoms with van der Waals surface area (Å²) in [5, 5.41) is 0. The van der Waals surface area contributed by atoms with Crippen molar-refractivity contribution in [3.05, 3.63) is 53.9 Å². The molecule has 1 aliphatic rings. The van der Waals surface area contributed by atoms with Gasteiger partial charge in [-0.3, -0.25) is 4.98 Å². The van der Waals surface area contributed by atoms with Crippen LogP contribution in [0.15, 0.2) is 42.7 Å².